The molecule has 2 aromatic carbocycles. The lowest BCUT2D eigenvalue weighted by Gasteiger charge is -2.26. The molecule has 1 aromatic heterocycles. The zero-order valence-corrected chi connectivity index (χ0v) is 21.2. The number of fused-ring (bicyclic) bond motifs is 1. The number of ether oxygens (including phenoxy) is 1. The highest BCUT2D eigenvalue weighted by Gasteiger charge is 2.54. The lowest BCUT2D eigenvalue weighted by atomic mass is 10.1. The summed E-state index contributed by atoms with van der Waals surface area (Å²) >= 11 is 0. The number of anilines is 6. The molecule has 3 aliphatic rings. The predicted molar refractivity (Wildman–Crippen MR) is 143 cm³/mol. The number of amides is 2. The van der Waals surface area contributed by atoms with Crippen molar-refractivity contribution in [2.45, 2.75) is 32.6 Å². The molecular formula is C28H30N6O3. The van der Waals surface area contributed by atoms with Crippen molar-refractivity contribution in [1.82, 2.24) is 9.97 Å². The fraction of sp³-hybridized carbons (Fsp3) is 0.357. The lowest BCUT2D eigenvalue weighted by Crippen LogP contribution is -2.36. The Bertz CT molecular complexity index is 1380. The van der Waals surface area contributed by atoms with Crippen molar-refractivity contribution < 1.29 is 14.3 Å². The van der Waals surface area contributed by atoms with E-state index in [0.717, 1.165) is 54.1 Å². The maximum absolute atomic E-state index is 13.3. The Morgan fingerprint density at radius 3 is 2.54 bits per heavy atom. The third-order valence-electron chi connectivity index (χ3n) is 7.51. The van der Waals surface area contributed by atoms with E-state index >= 15 is 0 Å². The van der Waals surface area contributed by atoms with Crippen LogP contribution in [0.5, 0.6) is 5.75 Å². The molecule has 0 atom stereocenters. The van der Waals surface area contributed by atoms with Crippen molar-refractivity contribution in [2.24, 2.45) is 11.3 Å². The Balaban J connectivity index is 1.32. The summed E-state index contributed by atoms with van der Waals surface area (Å²) in [6, 6.07) is 13.6. The highest BCUT2D eigenvalue weighted by molar-refractivity contribution is 6.03. The summed E-state index contributed by atoms with van der Waals surface area (Å²) in [5.41, 5.74) is 3.79. The molecule has 37 heavy (non-hydrogen) atoms. The third-order valence-corrected chi connectivity index (χ3v) is 7.51. The van der Waals surface area contributed by atoms with Crippen LogP contribution in [0.3, 0.4) is 0 Å². The second-order valence-corrected chi connectivity index (χ2v) is 10.2. The van der Waals surface area contributed by atoms with Gasteiger partial charge in [-0.25, -0.2) is 4.98 Å². The minimum atomic E-state index is -0.402. The SMILES string of the molecule is COc1ccc(N2CC3(CC3)C(=O)N(C)c3cnc(Nc4ccc(NC(=O)C5CC5)c(C)c4)nc32)cc1. The molecule has 9 nitrogen and oxygen atoms in total. The predicted octanol–water partition coefficient (Wildman–Crippen LogP) is 4.78. The second-order valence-electron chi connectivity index (χ2n) is 10.2. The highest BCUT2D eigenvalue weighted by atomic mass is 16.5. The number of aromatic nitrogens is 2. The Morgan fingerprint density at radius 2 is 1.89 bits per heavy atom. The molecule has 2 fully saturated rings. The second kappa shape index (κ2) is 8.76. The molecule has 2 saturated carbocycles. The van der Waals surface area contributed by atoms with E-state index in [0.29, 0.717) is 24.0 Å². The molecule has 2 heterocycles. The van der Waals surface area contributed by atoms with Crippen LogP contribution in [0.4, 0.5) is 34.5 Å². The fourth-order valence-electron chi connectivity index (χ4n) is 4.86. The van der Waals surface area contributed by atoms with Gasteiger partial charge in [-0.05, 0) is 80.6 Å². The van der Waals surface area contributed by atoms with Crippen molar-refractivity contribution in [2.75, 3.05) is 41.1 Å². The number of carbonyl (C=O) groups is 2. The smallest absolute Gasteiger partial charge is 0.234 e. The van der Waals surface area contributed by atoms with Crippen LogP contribution in [0.15, 0.2) is 48.7 Å². The van der Waals surface area contributed by atoms with E-state index in [1.165, 1.54) is 0 Å². The van der Waals surface area contributed by atoms with Crippen LogP contribution in [0.2, 0.25) is 0 Å². The van der Waals surface area contributed by atoms with Crippen LogP contribution in [0.1, 0.15) is 31.2 Å². The molecular weight excluding hydrogens is 468 g/mol. The number of methoxy groups -OCH3 is 1. The Hall–Kier alpha value is -4.14. The normalized spacial score (nSPS) is 17.8. The molecule has 0 bridgehead atoms. The minimum Gasteiger partial charge on any atom is -0.497 e. The first-order valence-electron chi connectivity index (χ1n) is 12.6. The lowest BCUT2D eigenvalue weighted by molar-refractivity contribution is -0.123. The maximum atomic E-state index is 13.3. The molecule has 2 N–H and O–H groups in total. The monoisotopic (exact) mass is 498 g/mol. The molecule has 0 unspecified atom stereocenters. The Morgan fingerprint density at radius 1 is 1.14 bits per heavy atom. The van der Waals surface area contributed by atoms with E-state index in [2.05, 4.69) is 20.5 Å². The van der Waals surface area contributed by atoms with Crippen LogP contribution in [0, 0.1) is 18.3 Å². The summed E-state index contributed by atoms with van der Waals surface area (Å²) in [7, 11) is 3.44. The van der Waals surface area contributed by atoms with Crippen molar-refractivity contribution in [1.29, 1.82) is 0 Å². The quantitative estimate of drug-likeness (QED) is 0.505. The van der Waals surface area contributed by atoms with E-state index in [1.807, 2.05) is 49.4 Å². The molecule has 0 radical (unpaired) electrons. The summed E-state index contributed by atoms with van der Waals surface area (Å²) in [5.74, 6) is 2.22. The largest absolute Gasteiger partial charge is 0.497 e. The van der Waals surface area contributed by atoms with Crippen LogP contribution >= 0.6 is 0 Å². The molecule has 190 valence electrons. The van der Waals surface area contributed by atoms with E-state index in [-0.39, 0.29) is 17.7 Å². The van der Waals surface area contributed by atoms with Crippen LogP contribution in [0.25, 0.3) is 0 Å². The number of hydrogen-bond acceptors (Lipinski definition) is 7. The van der Waals surface area contributed by atoms with E-state index in [4.69, 9.17) is 9.72 Å². The number of benzene rings is 2. The van der Waals surface area contributed by atoms with Crippen molar-refractivity contribution in [3.63, 3.8) is 0 Å². The van der Waals surface area contributed by atoms with Crippen molar-refractivity contribution in [3.05, 3.63) is 54.2 Å². The van der Waals surface area contributed by atoms with Crippen molar-refractivity contribution >= 4 is 46.3 Å². The van der Waals surface area contributed by atoms with Gasteiger partial charge in [0.2, 0.25) is 17.8 Å². The summed E-state index contributed by atoms with van der Waals surface area (Å²) in [6.45, 7) is 2.52. The maximum Gasteiger partial charge on any atom is 0.234 e. The summed E-state index contributed by atoms with van der Waals surface area (Å²) < 4.78 is 5.34. The van der Waals surface area contributed by atoms with Gasteiger partial charge in [-0.2, -0.15) is 4.98 Å². The summed E-state index contributed by atoms with van der Waals surface area (Å²) in [6.07, 6.45) is 5.36. The zero-order valence-electron chi connectivity index (χ0n) is 21.2. The zero-order chi connectivity index (χ0) is 25.7. The minimum absolute atomic E-state index is 0.0867. The molecule has 1 spiro atoms. The van der Waals surface area contributed by atoms with Crippen LogP contribution in [-0.4, -0.2) is 42.5 Å². The number of aryl methyl sites for hydroxylation is 1. The first-order valence-corrected chi connectivity index (χ1v) is 12.6. The number of carbonyl (C=O) groups excluding carboxylic acids is 2. The average Bonchev–Trinajstić information content (AvgIpc) is 3.83. The standard InChI is InChI=1S/C28H30N6O3/c1-17-14-19(6-11-22(17)31-25(35)18-4-5-18)30-27-29-15-23-24(32-27)34(20-7-9-21(37-3)10-8-20)16-28(12-13-28)26(36)33(23)2/h6-11,14-15,18H,4-5,12-13,16H2,1-3H3,(H,31,35)(H,29,30,32). The van der Waals surface area contributed by atoms with Gasteiger partial charge in [0, 0.05) is 36.6 Å². The summed E-state index contributed by atoms with van der Waals surface area (Å²) in [5, 5.41) is 6.31. The van der Waals surface area contributed by atoms with Gasteiger partial charge >= 0.3 is 0 Å². The number of rotatable bonds is 6. The van der Waals surface area contributed by atoms with Crippen molar-refractivity contribution in [3.8, 4) is 5.75 Å². The topological polar surface area (TPSA) is 99.7 Å². The average molecular weight is 499 g/mol. The van der Waals surface area contributed by atoms with Gasteiger partial charge in [-0.15, -0.1) is 0 Å². The Kier molecular flexibility index (Phi) is 5.51. The number of hydrogen-bond donors (Lipinski definition) is 2. The molecule has 3 aromatic rings. The molecule has 6 rings (SSSR count). The van der Waals surface area contributed by atoms with Gasteiger partial charge < -0.3 is 25.2 Å². The number of nitrogens with one attached hydrogen (secondary N) is 2. The van der Waals surface area contributed by atoms with Gasteiger partial charge in [0.1, 0.15) is 11.4 Å². The van der Waals surface area contributed by atoms with Gasteiger partial charge in [-0.3, -0.25) is 9.59 Å². The van der Waals surface area contributed by atoms with Gasteiger partial charge in [-0.1, -0.05) is 0 Å². The first-order chi connectivity index (χ1) is 17.9. The molecule has 1 aliphatic heterocycles. The van der Waals surface area contributed by atoms with Gasteiger partial charge in [0.25, 0.3) is 0 Å². The fourth-order valence-corrected chi connectivity index (χ4v) is 4.86. The summed E-state index contributed by atoms with van der Waals surface area (Å²) in [4.78, 5) is 38.7. The van der Waals surface area contributed by atoms with E-state index in [9.17, 15) is 9.59 Å². The highest BCUT2D eigenvalue weighted by Crippen LogP contribution is 2.53. The van der Waals surface area contributed by atoms with Gasteiger partial charge in [0.15, 0.2) is 5.82 Å². The molecule has 9 heteroatoms. The molecule has 2 aliphatic carbocycles. The van der Waals surface area contributed by atoms with Gasteiger partial charge in [0.05, 0.1) is 18.7 Å². The Labute approximate surface area is 215 Å². The van der Waals surface area contributed by atoms with E-state index < -0.39 is 5.41 Å². The first kappa shape index (κ1) is 23.3. The third kappa shape index (κ3) is 4.34. The molecule has 0 saturated heterocycles. The van der Waals surface area contributed by atoms with E-state index in [1.54, 1.807) is 25.3 Å². The van der Waals surface area contributed by atoms with Crippen LogP contribution in [-0.2, 0) is 9.59 Å². The van der Waals surface area contributed by atoms with Crippen LogP contribution < -0.4 is 25.2 Å². The number of nitrogens with zero attached hydrogens (tertiary/aromatic N) is 4. The molecule has 2 amide bonds.